The highest BCUT2D eigenvalue weighted by atomic mass is 35.5. The molecule has 0 saturated carbocycles. The van der Waals surface area contributed by atoms with E-state index in [4.69, 9.17) is 16.3 Å². The molecular weight excluding hydrogens is 482 g/mol. The number of anilines is 1. The monoisotopic (exact) mass is 505 g/mol. The van der Waals surface area contributed by atoms with E-state index < -0.39 is 11.5 Å². The van der Waals surface area contributed by atoms with Crippen LogP contribution in [0.15, 0.2) is 59.4 Å². The Kier molecular flexibility index (Phi) is 7.48. The summed E-state index contributed by atoms with van der Waals surface area (Å²) in [6.07, 6.45) is -0.212. The highest BCUT2D eigenvalue weighted by Crippen LogP contribution is 2.20. The number of morpholine rings is 1. The van der Waals surface area contributed by atoms with E-state index in [1.54, 1.807) is 35.2 Å². The quantitative estimate of drug-likeness (QED) is 0.568. The van der Waals surface area contributed by atoms with Crippen molar-refractivity contribution in [1.82, 2.24) is 14.7 Å². The summed E-state index contributed by atoms with van der Waals surface area (Å²) in [5.41, 5.74) is 1.59. The third-order valence-electron chi connectivity index (χ3n) is 5.60. The molecule has 1 aliphatic heterocycles. The predicted molar refractivity (Wildman–Crippen MR) is 135 cm³/mol. The molecule has 1 saturated heterocycles. The summed E-state index contributed by atoms with van der Waals surface area (Å²) in [6.45, 7) is 4.30. The SMILES string of the molecule is C[C@@H]1CN(C(=O)c2cc(C#N)cc(NC(=O)Cn3nc(-c4ccc(Cl)cc4)ccc3=O)c2)C[C@H](C)O1. The van der Waals surface area contributed by atoms with Crippen molar-refractivity contribution >= 4 is 29.1 Å². The fourth-order valence-electron chi connectivity index (χ4n) is 4.09. The summed E-state index contributed by atoms with van der Waals surface area (Å²) in [5, 5.41) is 17.0. The van der Waals surface area contributed by atoms with Crippen LogP contribution in [0, 0.1) is 11.3 Å². The molecule has 36 heavy (non-hydrogen) atoms. The molecule has 3 aromatic rings. The Hall–Kier alpha value is -4.00. The van der Waals surface area contributed by atoms with Crippen LogP contribution in [0.25, 0.3) is 11.3 Å². The van der Waals surface area contributed by atoms with Crippen molar-refractivity contribution in [1.29, 1.82) is 5.26 Å². The van der Waals surface area contributed by atoms with Gasteiger partial charge in [0.25, 0.3) is 11.5 Å². The first kappa shape index (κ1) is 25.1. The molecule has 2 atom stereocenters. The minimum atomic E-state index is -0.528. The van der Waals surface area contributed by atoms with Crippen molar-refractivity contribution < 1.29 is 14.3 Å². The highest BCUT2D eigenvalue weighted by molar-refractivity contribution is 6.30. The van der Waals surface area contributed by atoms with Crippen LogP contribution in [0.3, 0.4) is 0 Å². The molecule has 1 aliphatic rings. The fourth-order valence-corrected chi connectivity index (χ4v) is 4.21. The molecule has 2 aromatic carbocycles. The van der Waals surface area contributed by atoms with E-state index in [2.05, 4.69) is 10.4 Å². The van der Waals surface area contributed by atoms with Gasteiger partial charge in [-0.25, -0.2) is 4.68 Å². The molecule has 0 unspecified atom stereocenters. The lowest BCUT2D eigenvalue weighted by Gasteiger charge is -2.35. The molecule has 9 nitrogen and oxygen atoms in total. The van der Waals surface area contributed by atoms with E-state index in [1.807, 2.05) is 19.9 Å². The fraction of sp³-hybridized carbons (Fsp3) is 0.269. The van der Waals surface area contributed by atoms with Crippen LogP contribution >= 0.6 is 11.6 Å². The van der Waals surface area contributed by atoms with Gasteiger partial charge < -0.3 is 15.0 Å². The van der Waals surface area contributed by atoms with Gasteiger partial charge in [-0.05, 0) is 50.2 Å². The van der Waals surface area contributed by atoms with Gasteiger partial charge in [-0.1, -0.05) is 23.7 Å². The summed E-state index contributed by atoms with van der Waals surface area (Å²) in [5.74, 6) is -0.780. The van der Waals surface area contributed by atoms with Gasteiger partial charge in [0.2, 0.25) is 5.91 Å². The van der Waals surface area contributed by atoms with Gasteiger partial charge in [0.1, 0.15) is 6.54 Å². The molecule has 1 fully saturated rings. The van der Waals surface area contributed by atoms with Crippen LogP contribution < -0.4 is 10.9 Å². The summed E-state index contributed by atoms with van der Waals surface area (Å²) < 4.78 is 6.74. The van der Waals surface area contributed by atoms with Gasteiger partial charge >= 0.3 is 0 Å². The van der Waals surface area contributed by atoms with E-state index in [0.29, 0.717) is 23.8 Å². The molecule has 1 aromatic heterocycles. The zero-order valence-electron chi connectivity index (χ0n) is 19.8. The topological polar surface area (TPSA) is 117 Å². The Morgan fingerprint density at radius 3 is 2.47 bits per heavy atom. The standard InChI is InChI=1S/C26H24ClN5O4/c1-16-13-31(14-17(2)36-16)26(35)20-9-18(12-28)10-22(11-20)29-24(33)15-32-25(34)8-7-23(30-32)19-3-5-21(27)6-4-19/h3-11,16-17H,13-15H2,1-2H3,(H,29,33)/t16-,17+. The molecule has 0 spiro atoms. The second kappa shape index (κ2) is 10.7. The molecule has 4 rings (SSSR count). The Bertz CT molecular complexity index is 1390. The van der Waals surface area contributed by atoms with E-state index in [9.17, 15) is 19.6 Å². The Morgan fingerprint density at radius 1 is 1.11 bits per heavy atom. The number of ether oxygens (including phenoxy) is 1. The molecule has 1 N–H and O–H groups in total. The first-order valence-electron chi connectivity index (χ1n) is 11.4. The van der Waals surface area contributed by atoms with Gasteiger partial charge in [-0.3, -0.25) is 14.4 Å². The zero-order chi connectivity index (χ0) is 25.8. The van der Waals surface area contributed by atoms with E-state index in [-0.39, 0.29) is 41.5 Å². The van der Waals surface area contributed by atoms with Gasteiger partial charge in [0, 0.05) is 41.0 Å². The maximum Gasteiger partial charge on any atom is 0.267 e. The minimum Gasteiger partial charge on any atom is -0.372 e. The number of benzene rings is 2. The number of carbonyl (C=O) groups is 2. The molecule has 2 heterocycles. The summed E-state index contributed by atoms with van der Waals surface area (Å²) >= 11 is 5.93. The van der Waals surface area contributed by atoms with Crippen LogP contribution in [-0.4, -0.2) is 51.8 Å². The molecule has 0 bridgehead atoms. The van der Waals surface area contributed by atoms with Gasteiger partial charge in [0.15, 0.2) is 0 Å². The van der Waals surface area contributed by atoms with Crippen LogP contribution in [-0.2, 0) is 16.1 Å². The number of carbonyl (C=O) groups excluding carboxylic acids is 2. The number of amides is 2. The van der Waals surface area contributed by atoms with E-state index in [0.717, 1.165) is 10.2 Å². The highest BCUT2D eigenvalue weighted by Gasteiger charge is 2.27. The second-order valence-electron chi connectivity index (χ2n) is 8.65. The maximum absolute atomic E-state index is 13.1. The number of hydrogen-bond acceptors (Lipinski definition) is 6. The Balaban J connectivity index is 1.52. The largest absolute Gasteiger partial charge is 0.372 e. The number of nitrogens with zero attached hydrogens (tertiary/aromatic N) is 4. The third-order valence-corrected chi connectivity index (χ3v) is 5.85. The first-order chi connectivity index (χ1) is 17.2. The minimum absolute atomic E-state index is 0.106. The molecule has 0 aliphatic carbocycles. The zero-order valence-corrected chi connectivity index (χ0v) is 20.5. The molecule has 184 valence electrons. The number of hydrogen-bond donors (Lipinski definition) is 1. The van der Waals surface area contributed by atoms with Crippen molar-refractivity contribution in [2.75, 3.05) is 18.4 Å². The lowest BCUT2D eigenvalue weighted by Crippen LogP contribution is -2.48. The lowest BCUT2D eigenvalue weighted by atomic mass is 10.1. The first-order valence-corrected chi connectivity index (χ1v) is 11.7. The van der Waals surface area contributed by atoms with Crippen LogP contribution in [0.4, 0.5) is 5.69 Å². The van der Waals surface area contributed by atoms with Crippen molar-refractivity contribution in [2.45, 2.75) is 32.6 Å². The number of rotatable bonds is 5. The summed E-state index contributed by atoms with van der Waals surface area (Å²) in [4.78, 5) is 39.9. The molecule has 0 radical (unpaired) electrons. The average Bonchev–Trinajstić information content (AvgIpc) is 2.84. The summed E-state index contributed by atoms with van der Waals surface area (Å²) in [7, 11) is 0. The number of aromatic nitrogens is 2. The maximum atomic E-state index is 13.1. The third kappa shape index (κ3) is 5.97. The average molecular weight is 506 g/mol. The van der Waals surface area contributed by atoms with Gasteiger partial charge in [-0.2, -0.15) is 10.4 Å². The normalized spacial score (nSPS) is 17.3. The molecule has 2 amide bonds. The Labute approximate surface area is 212 Å². The smallest absolute Gasteiger partial charge is 0.267 e. The van der Waals surface area contributed by atoms with Crippen LogP contribution in [0.2, 0.25) is 5.02 Å². The molecular formula is C26H24ClN5O4. The van der Waals surface area contributed by atoms with Crippen molar-refractivity contribution in [2.24, 2.45) is 0 Å². The van der Waals surface area contributed by atoms with Crippen LogP contribution in [0.1, 0.15) is 29.8 Å². The number of halogens is 1. The van der Waals surface area contributed by atoms with Gasteiger partial charge in [-0.15, -0.1) is 0 Å². The van der Waals surface area contributed by atoms with Gasteiger partial charge in [0.05, 0.1) is 29.5 Å². The van der Waals surface area contributed by atoms with Crippen molar-refractivity contribution in [3.8, 4) is 17.3 Å². The Morgan fingerprint density at radius 2 is 1.81 bits per heavy atom. The van der Waals surface area contributed by atoms with E-state index >= 15 is 0 Å². The summed E-state index contributed by atoms with van der Waals surface area (Å²) in [6, 6.07) is 16.4. The van der Waals surface area contributed by atoms with Crippen molar-refractivity contribution in [3.63, 3.8) is 0 Å². The van der Waals surface area contributed by atoms with Crippen molar-refractivity contribution in [3.05, 3.63) is 81.1 Å². The lowest BCUT2D eigenvalue weighted by molar-refractivity contribution is -0.117. The van der Waals surface area contributed by atoms with Crippen LogP contribution in [0.5, 0.6) is 0 Å². The second-order valence-corrected chi connectivity index (χ2v) is 9.08. The number of nitriles is 1. The van der Waals surface area contributed by atoms with E-state index in [1.165, 1.54) is 24.3 Å². The predicted octanol–water partition coefficient (Wildman–Crippen LogP) is 3.32. The molecule has 10 heteroatoms. The number of nitrogens with one attached hydrogen (secondary N) is 1.